The quantitative estimate of drug-likeness (QED) is 0.169. The maximum absolute atomic E-state index is 9.96. The Morgan fingerprint density at radius 3 is 1.85 bits per heavy atom. The van der Waals surface area contributed by atoms with Crippen LogP contribution in [0.1, 0.15) is 30.5 Å². The molecule has 0 radical (unpaired) electrons. The highest BCUT2D eigenvalue weighted by Crippen LogP contribution is 2.51. The van der Waals surface area contributed by atoms with Gasteiger partial charge in [-0.05, 0) is 105 Å². The molecular formula is C56H38N4. The zero-order chi connectivity index (χ0) is 40.4. The third kappa shape index (κ3) is 5.82. The summed E-state index contributed by atoms with van der Waals surface area (Å²) in [5, 5.41) is 12.4. The fraction of sp³-hybridized carbons (Fsp3) is 0.0536. The zero-order valence-electron chi connectivity index (χ0n) is 33.3. The molecule has 0 bridgehead atoms. The lowest BCUT2D eigenvalue weighted by molar-refractivity contribution is 0.661. The monoisotopic (exact) mass is 766 g/mol. The second-order valence-electron chi connectivity index (χ2n) is 16.2. The van der Waals surface area contributed by atoms with Gasteiger partial charge >= 0.3 is 0 Å². The number of benzene rings is 8. The standard InChI is InChI=1S/C56H38N4/c1-56(2)49-25-11-9-23-45(49)47-32-48-46-24-10-12-26-53(46)60(54(48)33-50(47)56)44-30-42(39-20-13-15-36(27-39)35-57)29-43(31-44)55-58-51(38-18-7-4-8-19-38)34-52(59-55)41-22-14-21-40(28-41)37-16-5-3-6-17-37/h3-34H,1-2H3. The van der Waals surface area contributed by atoms with Gasteiger partial charge in [0.1, 0.15) is 0 Å². The fourth-order valence-electron chi connectivity index (χ4n) is 9.22. The summed E-state index contributed by atoms with van der Waals surface area (Å²) < 4.78 is 2.40. The highest BCUT2D eigenvalue weighted by Gasteiger charge is 2.36. The summed E-state index contributed by atoms with van der Waals surface area (Å²) in [6.45, 7) is 4.67. The number of para-hydroxylation sites is 1. The largest absolute Gasteiger partial charge is 0.309 e. The number of fused-ring (bicyclic) bond motifs is 6. The molecule has 60 heavy (non-hydrogen) atoms. The molecule has 10 aromatic rings. The van der Waals surface area contributed by atoms with Crippen molar-refractivity contribution >= 4 is 21.8 Å². The van der Waals surface area contributed by atoms with Gasteiger partial charge in [-0.2, -0.15) is 5.26 Å². The Balaban J connectivity index is 1.17. The minimum absolute atomic E-state index is 0.161. The van der Waals surface area contributed by atoms with Crippen molar-refractivity contribution < 1.29 is 0 Å². The summed E-state index contributed by atoms with van der Waals surface area (Å²) in [6.07, 6.45) is 0. The molecule has 1 aliphatic rings. The fourth-order valence-corrected chi connectivity index (χ4v) is 9.22. The third-order valence-corrected chi connectivity index (χ3v) is 12.2. The van der Waals surface area contributed by atoms with Gasteiger partial charge in [-0.1, -0.05) is 147 Å². The van der Waals surface area contributed by atoms with Crippen LogP contribution >= 0.6 is 0 Å². The lowest BCUT2D eigenvalue weighted by Crippen LogP contribution is -2.15. The second kappa shape index (κ2) is 13.9. The van der Waals surface area contributed by atoms with Crippen molar-refractivity contribution in [3.05, 3.63) is 211 Å². The summed E-state index contributed by atoms with van der Waals surface area (Å²) in [5.74, 6) is 0.620. The van der Waals surface area contributed by atoms with Gasteiger partial charge in [0.2, 0.25) is 0 Å². The average molecular weight is 767 g/mol. The highest BCUT2D eigenvalue weighted by atomic mass is 15.0. The molecule has 2 aromatic heterocycles. The van der Waals surface area contributed by atoms with Gasteiger partial charge in [0.25, 0.3) is 0 Å². The van der Waals surface area contributed by atoms with Gasteiger partial charge in [-0.15, -0.1) is 0 Å². The van der Waals surface area contributed by atoms with Gasteiger partial charge in [0.05, 0.1) is 34.1 Å². The van der Waals surface area contributed by atoms with Crippen LogP contribution in [0.2, 0.25) is 0 Å². The predicted octanol–water partition coefficient (Wildman–Crippen LogP) is 14.1. The molecule has 11 rings (SSSR count). The molecule has 0 fully saturated rings. The topological polar surface area (TPSA) is 54.5 Å². The minimum atomic E-state index is -0.161. The Hall–Kier alpha value is -7.87. The van der Waals surface area contributed by atoms with Crippen molar-refractivity contribution in [1.29, 1.82) is 5.26 Å². The Bertz CT molecular complexity index is 3350. The van der Waals surface area contributed by atoms with Gasteiger partial charge in [0, 0.05) is 38.6 Å². The van der Waals surface area contributed by atoms with Crippen molar-refractivity contribution in [3.63, 3.8) is 0 Å². The van der Waals surface area contributed by atoms with Crippen LogP contribution in [0.3, 0.4) is 0 Å². The molecule has 0 unspecified atom stereocenters. The third-order valence-electron chi connectivity index (χ3n) is 12.2. The maximum atomic E-state index is 9.96. The van der Waals surface area contributed by atoms with Crippen molar-refractivity contribution in [1.82, 2.24) is 14.5 Å². The smallest absolute Gasteiger partial charge is 0.160 e. The van der Waals surface area contributed by atoms with Gasteiger partial charge in [0.15, 0.2) is 5.82 Å². The van der Waals surface area contributed by atoms with E-state index in [1.54, 1.807) is 0 Å². The summed E-state index contributed by atoms with van der Waals surface area (Å²) in [5.41, 5.74) is 17.7. The molecule has 1 aliphatic carbocycles. The first kappa shape index (κ1) is 35.3. The second-order valence-corrected chi connectivity index (χ2v) is 16.2. The molecule has 2 heterocycles. The minimum Gasteiger partial charge on any atom is -0.309 e. The van der Waals surface area contributed by atoms with Crippen LogP contribution in [-0.2, 0) is 5.41 Å². The van der Waals surface area contributed by atoms with E-state index < -0.39 is 0 Å². The molecule has 4 nitrogen and oxygen atoms in total. The molecule has 8 aromatic carbocycles. The van der Waals surface area contributed by atoms with Crippen LogP contribution < -0.4 is 0 Å². The van der Waals surface area contributed by atoms with Crippen LogP contribution in [0.5, 0.6) is 0 Å². The van der Waals surface area contributed by atoms with E-state index in [1.165, 1.54) is 33.0 Å². The Labute approximate surface area is 349 Å². The SMILES string of the molecule is CC1(C)c2ccccc2-c2cc3c4ccccc4n(-c4cc(-c5cccc(C#N)c5)cc(-c5nc(-c6ccccc6)cc(-c6cccc(-c7ccccc7)c6)n5)c4)c3cc21. The van der Waals surface area contributed by atoms with Crippen LogP contribution in [-0.4, -0.2) is 14.5 Å². The number of rotatable bonds is 6. The molecule has 0 saturated carbocycles. The van der Waals surface area contributed by atoms with E-state index in [4.69, 9.17) is 9.97 Å². The summed E-state index contributed by atoms with van der Waals surface area (Å²) in [6, 6.07) is 70.6. The van der Waals surface area contributed by atoms with Crippen molar-refractivity contribution in [3.8, 4) is 79.0 Å². The molecule has 0 atom stereocenters. The average Bonchev–Trinajstić information content (AvgIpc) is 3.76. The molecule has 0 spiro atoms. The number of hydrogen-bond donors (Lipinski definition) is 0. The van der Waals surface area contributed by atoms with Crippen molar-refractivity contribution in [2.45, 2.75) is 19.3 Å². The van der Waals surface area contributed by atoms with Crippen molar-refractivity contribution in [2.24, 2.45) is 0 Å². The first-order valence-corrected chi connectivity index (χ1v) is 20.4. The highest BCUT2D eigenvalue weighted by molar-refractivity contribution is 6.11. The Kier molecular flexibility index (Phi) is 8.18. The number of aromatic nitrogens is 3. The Morgan fingerprint density at radius 2 is 1.05 bits per heavy atom. The first-order valence-electron chi connectivity index (χ1n) is 20.4. The summed E-state index contributed by atoms with van der Waals surface area (Å²) in [4.78, 5) is 10.7. The van der Waals surface area contributed by atoms with E-state index in [-0.39, 0.29) is 5.41 Å². The normalized spacial score (nSPS) is 12.6. The van der Waals surface area contributed by atoms with E-state index >= 15 is 0 Å². The number of nitrogens with zero attached hydrogens (tertiary/aromatic N) is 4. The van der Waals surface area contributed by atoms with Crippen LogP contribution in [0.25, 0.3) is 94.8 Å². The number of nitriles is 1. The molecular weight excluding hydrogens is 729 g/mol. The molecule has 0 aliphatic heterocycles. The molecule has 4 heteroatoms. The summed E-state index contributed by atoms with van der Waals surface area (Å²) >= 11 is 0. The zero-order valence-corrected chi connectivity index (χ0v) is 33.3. The van der Waals surface area contributed by atoms with E-state index in [9.17, 15) is 5.26 Å². The van der Waals surface area contributed by atoms with Gasteiger partial charge in [-0.3, -0.25) is 0 Å². The molecule has 0 N–H and O–H groups in total. The lowest BCUT2D eigenvalue weighted by Gasteiger charge is -2.22. The van der Waals surface area contributed by atoms with Crippen LogP contribution in [0, 0.1) is 11.3 Å². The first-order chi connectivity index (χ1) is 29.4. The Morgan fingerprint density at radius 1 is 0.433 bits per heavy atom. The maximum Gasteiger partial charge on any atom is 0.160 e. The van der Waals surface area contributed by atoms with Crippen LogP contribution in [0.15, 0.2) is 194 Å². The van der Waals surface area contributed by atoms with Gasteiger partial charge < -0.3 is 4.57 Å². The van der Waals surface area contributed by atoms with E-state index in [2.05, 4.69) is 176 Å². The summed E-state index contributed by atoms with van der Waals surface area (Å²) in [7, 11) is 0. The molecule has 282 valence electrons. The lowest BCUT2D eigenvalue weighted by atomic mass is 9.82. The molecule has 0 saturated heterocycles. The van der Waals surface area contributed by atoms with Crippen molar-refractivity contribution in [2.75, 3.05) is 0 Å². The van der Waals surface area contributed by atoms with Gasteiger partial charge in [-0.25, -0.2) is 9.97 Å². The molecule has 0 amide bonds. The van der Waals surface area contributed by atoms with Crippen LogP contribution in [0.4, 0.5) is 0 Å². The number of hydrogen-bond acceptors (Lipinski definition) is 3. The van der Waals surface area contributed by atoms with E-state index in [0.29, 0.717) is 11.4 Å². The van der Waals surface area contributed by atoms with E-state index in [0.717, 1.165) is 67.1 Å². The van der Waals surface area contributed by atoms with E-state index in [1.807, 2.05) is 42.5 Å². The predicted molar refractivity (Wildman–Crippen MR) is 246 cm³/mol.